The average Bonchev–Trinajstić information content (AvgIpc) is 2.79. The van der Waals surface area contributed by atoms with Gasteiger partial charge >= 0.3 is 6.03 Å². The molecule has 166 valence electrons. The van der Waals surface area contributed by atoms with Gasteiger partial charge in [0.15, 0.2) is 0 Å². The molecular formula is C24H15BrCl2N2O4. The van der Waals surface area contributed by atoms with Gasteiger partial charge in [-0.05, 0) is 48.0 Å². The lowest BCUT2D eigenvalue weighted by Gasteiger charge is -2.26. The van der Waals surface area contributed by atoms with Crippen LogP contribution >= 0.6 is 39.1 Å². The number of ether oxygens (including phenoxy) is 1. The number of amides is 4. The first kappa shape index (κ1) is 23.0. The molecular weight excluding hydrogens is 531 g/mol. The Labute approximate surface area is 207 Å². The van der Waals surface area contributed by atoms with Gasteiger partial charge in [0, 0.05) is 10.0 Å². The van der Waals surface area contributed by atoms with Crippen LogP contribution in [0.1, 0.15) is 11.1 Å². The summed E-state index contributed by atoms with van der Waals surface area (Å²) >= 11 is 15.4. The standard InChI is InChI=1S/C24H15BrCl2N2O4/c25-16-6-9-21(33-13-14-4-2-1-3-5-14)15(10-16)11-18-22(30)28-24(32)29(23(18)31)17-7-8-19(26)20(27)12-17/h1-12H,13H2,(H,28,30,32)/b18-11+. The second-order valence-electron chi connectivity index (χ2n) is 7.01. The SMILES string of the molecule is O=C1NC(=O)N(c2ccc(Cl)c(Cl)c2)C(=O)/C1=C/c1cc(Br)ccc1OCc1ccccc1. The zero-order valence-electron chi connectivity index (χ0n) is 16.8. The number of hydrogen-bond acceptors (Lipinski definition) is 4. The summed E-state index contributed by atoms with van der Waals surface area (Å²) in [5, 5.41) is 2.62. The maximum atomic E-state index is 13.2. The number of rotatable bonds is 5. The van der Waals surface area contributed by atoms with Gasteiger partial charge in [0.25, 0.3) is 11.8 Å². The molecule has 1 N–H and O–H groups in total. The quantitative estimate of drug-likeness (QED) is 0.315. The van der Waals surface area contributed by atoms with Crippen molar-refractivity contribution in [2.45, 2.75) is 6.61 Å². The molecule has 4 rings (SSSR count). The van der Waals surface area contributed by atoms with Gasteiger partial charge in [0.05, 0.1) is 15.7 Å². The maximum Gasteiger partial charge on any atom is 0.335 e. The fourth-order valence-corrected chi connectivity index (χ4v) is 3.84. The second kappa shape index (κ2) is 9.79. The van der Waals surface area contributed by atoms with Crippen molar-refractivity contribution in [2.75, 3.05) is 4.90 Å². The van der Waals surface area contributed by atoms with Crippen molar-refractivity contribution >= 4 is 68.7 Å². The minimum Gasteiger partial charge on any atom is -0.488 e. The van der Waals surface area contributed by atoms with Crippen molar-refractivity contribution in [1.82, 2.24) is 5.32 Å². The van der Waals surface area contributed by atoms with Gasteiger partial charge in [0.2, 0.25) is 0 Å². The summed E-state index contributed by atoms with van der Waals surface area (Å²) in [6.07, 6.45) is 1.39. The molecule has 1 fully saturated rings. The Balaban J connectivity index is 1.69. The summed E-state index contributed by atoms with van der Waals surface area (Å²) in [5.74, 6) is -1.14. The number of nitrogens with zero attached hydrogens (tertiary/aromatic N) is 1. The third kappa shape index (κ3) is 5.11. The molecule has 4 amide bonds. The topological polar surface area (TPSA) is 75.7 Å². The molecule has 0 unspecified atom stereocenters. The van der Waals surface area contributed by atoms with Crippen LogP contribution < -0.4 is 15.0 Å². The Morgan fingerprint density at radius 2 is 1.70 bits per heavy atom. The summed E-state index contributed by atoms with van der Waals surface area (Å²) in [6, 6.07) is 18.2. The van der Waals surface area contributed by atoms with E-state index in [1.807, 2.05) is 30.3 Å². The van der Waals surface area contributed by atoms with Crippen LogP contribution in [-0.2, 0) is 16.2 Å². The van der Waals surface area contributed by atoms with E-state index >= 15 is 0 Å². The van der Waals surface area contributed by atoms with E-state index in [0.29, 0.717) is 17.9 Å². The lowest BCUT2D eigenvalue weighted by Crippen LogP contribution is -2.54. The van der Waals surface area contributed by atoms with E-state index in [1.54, 1.807) is 18.2 Å². The first-order chi connectivity index (χ1) is 15.8. The van der Waals surface area contributed by atoms with Crippen molar-refractivity contribution in [3.05, 3.63) is 97.9 Å². The lowest BCUT2D eigenvalue weighted by molar-refractivity contribution is -0.122. The maximum absolute atomic E-state index is 13.2. The van der Waals surface area contributed by atoms with Crippen molar-refractivity contribution in [1.29, 1.82) is 0 Å². The Kier molecular flexibility index (Phi) is 6.83. The Bertz CT molecular complexity index is 1290. The number of carbonyl (C=O) groups excluding carboxylic acids is 3. The molecule has 6 nitrogen and oxygen atoms in total. The number of imide groups is 2. The number of barbiturate groups is 1. The van der Waals surface area contributed by atoms with Crippen molar-refractivity contribution in [3.8, 4) is 5.75 Å². The normalized spacial score (nSPS) is 15.1. The monoisotopic (exact) mass is 544 g/mol. The molecule has 0 atom stereocenters. The van der Waals surface area contributed by atoms with Crippen molar-refractivity contribution in [2.24, 2.45) is 0 Å². The van der Waals surface area contributed by atoms with Gasteiger partial charge in [-0.2, -0.15) is 0 Å². The van der Waals surface area contributed by atoms with E-state index in [2.05, 4.69) is 21.2 Å². The van der Waals surface area contributed by atoms with E-state index in [-0.39, 0.29) is 21.3 Å². The highest BCUT2D eigenvalue weighted by Crippen LogP contribution is 2.31. The molecule has 3 aromatic carbocycles. The van der Waals surface area contributed by atoms with E-state index in [9.17, 15) is 14.4 Å². The van der Waals surface area contributed by atoms with E-state index in [4.69, 9.17) is 27.9 Å². The number of benzene rings is 3. The van der Waals surface area contributed by atoms with Crippen LogP contribution in [0.4, 0.5) is 10.5 Å². The number of nitrogens with one attached hydrogen (secondary N) is 1. The van der Waals surface area contributed by atoms with Gasteiger partial charge < -0.3 is 4.74 Å². The number of urea groups is 1. The van der Waals surface area contributed by atoms with Crippen LogP contribution in [-0.4, -0.2) is 17.8 Å². The molecule has 9 heteroatoms. The molecule has 1 heterocycles. The molecule has 1 aliphatic heterocycles. The van der Waals surface area contributed by atoms with Crippen LogP contribution in [0.15, 0.2) is 76.8 Å². The molecule has 3 aromatic rings. The number of anilines is 1. The fourth-order valence-electron chi connectivity index (χ4n) is 3.17. The molecule has 0 saturated carbocycles. The van der Waals surface area contributed by atoms with Crippen LogP contribution in [0.5, 0.6) is 5.75 Å². The Morgan fingerprint density at radius 3 is 2.42 bits per heavy atom. The first-order valence-electron chi connectivity index (χ1n) is 9.66. The Morgan fingerprint density at radius 1 is 0.939 bits per heavy atom. The minimum atomic E-state index is -0.879. The van der Waals surface area contributed by atoms with E-state index < -0.39 is 17.8 Å². The smallest absolute Gasteiger partial charge is 0.335 e. The molecule has 33 heavy (non-hydrogen) atoms. The molecule has 1 aliphatic rings. The zero-order chi connectivity index (χ0) is 23.5. The number of carbonyl (C=O) groups is 3. The second-order valence-corrected chi connectivity index (χ2v) is 8.74. The van der Waals surface area contributed by atoms with E-state index in [0.717, 1.165) is 14.9 Å². The summed E-state index contributed by atoms with van der Waals surface area (Å²) in [4.78, 5) is 39.0. The van der Waals surface area contributed by atoms with Crippen molar-refractivity contribution in [3.63, 3.8) is 0 Å². The average molecular weight is 546 g/mol. The van der Waals surface area contributed by atoms with Gasteiger partial charge in [-0.15, -0.1) is 0 Å². The summed E-state index contributed by atoms with van der Waals surface area (Å²) < 4.78 is 6.66. The van der Waals surface area contributed by atoms with E-state index in [1.165, 1.54) is 24.3 Å². The highest BCUT2D eigenvalue weighted by atomic mass is 79.9. The van der Waals surface area contributed by atoms with Crippen molar-refractivity contribution < 1.29 is 19.1 Å². The predicted octanol–water partition coefficient (Wildman–Crippen LogP) is 6.00. The Hall–Kier alpha value is -3.13. The van der Waals surface area contributed by atoms with Crippen LogP contribution in [0, 0.1) is 0 Å². The molecule has 0 spiro atoms. The third-order valence-corrected chi connectivity index (χ3v) is 6.00. The highest BCUT2D eigenvalue weighted by Gasteiger charge is 2.37. The minimum absolute atomic E-state index is 0.167. The fraction of sp³-hybridized carbons (Fsp3) is 0.0417. The molecule has 1 saturated heterocycles. The molecule has 0 bridgehead atoms. The third-order valence-electron chi connectivity index (χ3n) is 4.77. The summed E-state index contributed by atoms with van der Waals surface area (Å²) in [6.45, 7) is 0.298. The van der Waals surface area contributed by atoms with Gasteiger partial charge in [-0.1, -0.05) is 69.5 Å². The largest absolute Gasteiger partial charge is 0.488 e. The van der Waals surface area contributed by atoms with Crippen LogP contribution in [0.2, 0.25) is 10.0 Å². The lowest BCUT2D eigenvalue weighted by atomic mass is 10.1. The summed E-state index contributed by atoms with van der Waals surface area (Å²) in [7, 11) is 0. The van der Waals surface area contributed by atoms with Crippen LogP contribution in [0.25, 0.3) is 6.08 Å². The highest BCUT2D eigenvalue weighted by molar-refractivity contribution is 9.10. The van der Waals surface area contributed by atoms with Gasteiger partial charge in [-0.3, -0.25) is 14.9 Å². The first-order valence-corrected chi connectivity index (χ1v) is 11.2. The zero-order valence-corrected chi connectivity index (χ0v) is 19.9. The van der Waals surface area contributed by atoms with Gasteiger partial charge in [0.1, 0.15) is 17.9 Å². The van der Waals surface area contributed by atoms with Gasteiger partial charge in [-0.25, -0.2) is 9.69 Å². The number of halogens is 3. The predicted molar refractivity (Wildman–Crippen MR) is 130 cm³/mol. The molecule has 0 radical (unpaired) electrons. The molecule has 0 aromatic heterocycles. The number of hydrogen-bond donors (Lipinski definition) is 1. The summed E-state index contributed by atoms with van der Waals surface area (Å²) in [5.41, 5.74) is 1.40. The van der Waals surface area contributed by atoms with Crippen LogP contribution in [0.3, 0.4) is 0 Å². The molecule has 0 aliphatic carbocycles.